The Hall–Kier alpha value is -1.46. The molecule has 0 aromatic heterocycles. The first-order chi connectivity index (χ1) is 10.7. The van der Waals surface area contributed by atoms with Crippen molar-refractivity contribution in [2.45, 2.75) is 44.8 Å². The van der Waals surface area contributed by atoms with Crippen LogP contribution in [0.3, 0.4) is 0 Å². The van der Waals surface area contributed by atoms with Crippen molar-refractivity contribution in [3.63, 3.8) is 0 Å². The van der Waals surface area contributed by atoms with Gasteiger partial charge in [-0.2, -0.15) is 0 Å². The van der Waals surface area contributed by atoms with Crippen LogP contribution >= 0.6 is 0 Å². The molecule has 1 fully saturated rings. The third-order valence-corrected chi connectivity index (χ3v) is 4.43. The van der Waals surface area contributed by atoms with Crippen LogP contribution < -0.4 is 19.5 Å². The van der Waals surface area contributed by atoms with Gasteiger partial charge in [0.2, 0.25) is 0 Å². The number of hydrogen-bond acceptors (Lipinski definition) is 5. The van der Waals surface area contributed by atoms with Gasteiger partial charge in [-0.05, 0) is 39.8 Å². The molecule has 1 aromatic rings. The van der Waals surface area contributed by atoms with E-state index in [2.05, 4.69) is 5.32 Å². The Bertz CT molecular complexity index is 526. The Morgan fingerprint density at radius 2 is 1.95 bits per heavy atom. The van der Waals surface area contributed by atoms with Gasteiger partial charge in [-0.15, -0.1) is 0 Å². The van der Waals surface area contributed by atoms with Crippen molar-refractivity contribution in [1.29, 1.82) is 0 Å². The molecule has 1 atom stereocenters. The number of rotatable bonds is 4. The molecule has 1 saturated heterocycles. The summed E-state index contributed by atoms with van der Waals surface area (Å²) < 4.78 is 17.7. The van der Waals surface area contributed by atoms with Crippen LogP contribution in [0.1, 0.15) is 44.8 Å². The number of nitrogens with one attached hydrogen (secondary N) is 1. The van der Waals surface area contributed by atoms with Gasteiger partial charge in [0, 0.05) is 18.6 Å². The highest BCUT2D eigenvalue weighted by molar-refractivity contribution is 5.53. The molecule has 122 valence electrons. The lowest BCUT2D eigenvalue weighted by atomic mass is 9.82. The first kappa shape index (κ1) is 15.4. The second kappa shape index (κ2) is 6.34. The zero-order chi connectivity index (χ0) is 15.6. The maximum atomic E-state index is 10.7. The molecule has 3 rings (SSSR count). The Balaban J connectivity index is 1.98. The molecule has 0 saturated carbocycles. The Morgan fingerprint density at radius 1 is 1.23 bits per heavy atom. The minimum absolute atomic E-state index is 0.272. The standard InChI is InChI=1S/C17H25NO4/c1-3-20-12-9-14(21-4-2)16-13(19)11-17(22-15(16)10-12)5-7-18-8-6-17/h9-10,13,18-19H,3-8,11H2,1-2H3. The van der Waals surface area contributed by atoms with Crippen LogP contribution in [0.4, 0.5) is 0 Å². The van der Waals surface area contributed by atoms with Crippen LogP contribution in [0.15, 0.2) is 12.1 Å². The molecule has 0 amide bonds. The minimum Gasteiger partial charge on any atom is -0.494 e. The second-order valence-corrected chi connectivity index (χ2v) is 5.95. The summed E-state index contributed by atoms with van der Waals surface area (Å²) in [6.45, 7) is 6.86. The lowest BCUT2D eigenvalue weighted by molar-refractivity contribution is -0.0350. The van der Waals surface area contributed by atoms with Crippen molar-refractivity contribution in [1.82, 2.24) is 5.32 Å². The summed E-state index contributed by atoms with van der Waals surface area (Å²) in [7, 11) is 0. The predicted molar refractivity (Wildman–Crippen MR) is 83.8 cm³/mol. The van der Waals surface area contributed by atoms with Gasteiger partial charge in [-0.1, -0.05) is 0 Å². The second-order valence-electron chi connectivity index (χ2n) is 5.95. The lowest BCUT2D eigenvalue weighted by Gasteiger charge is -2.43. The molecule has 0 bridgehead atoms. The van der Waals surface area contributed by atoms with E-state index < -0.39 is 6.10 Å². The van der Waals surface area contributed by atoms with E-state index in [-0.39, 0.29) is 5.60 Å². The fraction of sp³-hybridized carbons (Fsp3) is 0.647. The number of piperidine rings is 1. The van der Waals surface area contributed by atoms with Gasteiger partial charge >= 0.3 is 0 Å². The molecule has 0 aliphatic carbocycles. The van der Waals surface area contributed by atoms with E-state index in [1.54, 1.807) is 0 Å². The van der Waals surface area contributed by atoms with E-state index in [1.807, 2.05) is 26.0 Å². The summed E-state index contributed by atoms with van der Waals surface area (Å²) in [5.74, 6) is 2.10. The van der Waals surface area contributed by atoms with Gasteiger partial charge in [0.25, 0.3) is 0 Å². The van der Waals surface area contributed by atoms with Crippen LogP contribution in [-0.2, 0) is 0 Å². The van der Waals surface area contributed by atoms with Crippen LogP contribution in [0.5, 0.6) is 17.2 Å². The first-order valence-electron chi connectivity index (χ1n) is 8.19. The number of aliphatic hydroxyl groups excluding tert-OH is 1. The number of hydrogen-bond donors (Lipinski definition) is 2. The summed E-state index contributed by atoms with van der Waals surface area (Å²) in [5.41, 5.74) is 0.487. The molecule has 0 radical (unpaired) electrons. The topological polar surface area (TPSA) is 60.0 Å². The average molecular weight is 307 g/mol. The molecule has 2 N–H and O–H groups in total. The lowest BCUT2D eigenvalue weighted by Crippen LogP contribution is -2.49. The molecule has 2 heterocycles. The Morgan fingerprint density at radius 3 is 2.64 bits per heavy atom. The van der Waals surface area contributed by atoms with Gasteiger partial charge in [0.05, 0.1) is 24.9 Å². The number of benzene rings is 1. The van der Waals surface area contributed by atoms with Crippen molar-refractivity contribution < 1.29 is 19.3 Å². The van der Waals surface area contributed by atoms with Gasteiger partial charge in [-0.25, -0.2) is 0 Å². The monoisotopic (exact) mass is 307 g/mol. The largest absolute Gasteiger partial charge is 0.494 e. The fourth-order valence-corrected chi connectivity index (χ4v) is 3.43. The van der Waals surface area contributed by atoms with E-state index in [4.69, 9.17) is 14.2 Å². The molecule has 1 spiro atoms. The van der Waals surface area contributed by atoms with E-state index in [0.717, 1.165) is 37.2 Å². The highest BCUT2D eigenvalue weighted by Crippen LogP contribution is 2.48. The zero-order valence-electron chi connectivity index (χ0n) is 13.4. The maximum Gasteiger partial charge on any atom is 0.133 e. The molecule has 22 heavy (non-hydrogen) atoms. The SMILES string of the molecule is CCOc1cc(OCC)c2c(c1)OC1(CCNCC1)CC2O. The average Bonchev–Trinajstić information content (AvgIpc) is 2.47. The normalized spacial score (nSPS) is 22.8. The number of ether oxygens (including phenoxy) is 3. The maximum absolute atomic E-state index is 10.7. The van der Waals surface area contributed by atoms with E-state index in [0.29, 0.717) is 31.1 Å². The van der Waals surface area contributed by atoms with Gasteiger partial charge in [0.15, 0.2) is 0 Å². The predicted octanol–water partition coefficient (Wildman–Crippen LogP) is 2.42. The van der Waals surface area contributed by atoms with E-state index in [9.17, 15) is 5.11 Å². The zero-order valence-corrected chi connectivity index (χ0v) is 13.4. The highest BCUT2D eigenvalue weighted by Gasteiger charge is 2.42. The number of fused-ring (bicyclic) bond motifs is 1. The van der Waals surface area contributed by atoms with Crippen molar-refractivity contribution in [2.75, 3.05) is 26.3 Å². The van der Waals surface area contributed by atoms with E-state index in [1.165, 1.54) is 0 Å². The highest BCUT2D eigenvalue weighted by atomic mass is 16.5. The molecule has 5 heteroatoms. The fourth-order valence-electron chi connectivity index (χ4n) is 3.43. The summed E-state index contributed by atoms with van der Waals surface area (Å²) >= 11 is 0. The molecular formula is C17H25NO4. The van der Waals surface area contributed by atoms with Crippen molar-refractivity contribution >= 4 is 0 Å². The Kier molecular flexibility index (Phi) is 4.45. The van der Waals surface area contributed by atoms with Gasteiger partial charge in [-0.3, -0.25) is 0 Å². The smallest absolute Gasteiger partial charge is 0.133 e. The summed E-state index contributed by atoms with van der Waals surface area (Å²) in [6.07, 6.45) is 1.88. The molecule has 1 unspecified atom stereocenters. The quantitative estimate of drug-likeness (QED) is 0.894. The van der Waals surface area contributed by atoms with Crippen molar-refractivity contribution in [2.24, 2.45) is 0 Å². The van der Waals surface area contributed by atoms with Gasteiger partial charge in [0.1, 0.15) is 22.8 Å². The van der Waals surface area contributed by atoms with Crippen molar-refractivity contribution in [3.8, 4) is 17.2 Å². The first-order valence-corrected chi connectivity index (χ1v) is 8.19. The Labute approximate surface area is 131 Å². The number of aliphatic hydroxyl groups is 1. The summed E-state index contributed by atoms with van der Waals surface area (Å²) in [4.78, 5) is 0. The minimum atomic E-state index is -0.556. The van der Waals surface area contributed by atoms with Crippen LogP contribution in [0.25, 0.3) is 0 Å². The van der Waals surface area contributed by atoms with Crippen molar-refractivity contribution in [3.05, 3.63) is 17.7 Å². The third-order valence-electron chi connectivity index (χ3n) is 4.43. The third kappa shape index (κ3) is 2.88. The molecule has 5 nitrogen and oxygen atoms in total. The van der Waals surface area contributed by atoms with Crippen LogP contribution in [-0.4, -0.2) is 37.0 Å². The van der Waals surface area contributed by atoms with Crippen LogP contribution in [0, 0.1) is 0 Å². The molecule has 2 aliphatic rings. The van der Waals surface area contributed by atoms with E-state index >= 15 is 0 Å². The van der Waals surface area contributed by atoms with Gasteiger partial charge < -0.3 is 24.6 Å². The summed E-state index contributed by atoms with van der Waals surface area (Å²) in [5, 5.41) is 14.0. The molecule has 2 aliphatic heterocycles. The molecule has 1 aromatic carbocycles. The molecular weight excluding hydrogens is 282 g/mol. The summed E-state index contributed by atoms with van der Waals surface area (Å²) in [6, 6.07) is 3.73. The van der Waals surface area contributed by atoms with Crippen LogP contribution in [0.2, 0.25) is 0 Å².